The van der Waals surface area contributed by atoms with Crippen LogP contribution in [0.4, 0.5) is 0 Å². The Bertz CT molecular complexity index is 539. The minimum absolute atomic E-state index is 0.0643. The molecule has 0 aromatic carbocycles. The van der Waals surface area contributed by atoms with Gasteiger partial charge in [-0.15, -0.1) is 0 Å². The minimum atomic E-state index is -0.930. The number of nitrogens with one attached hydrogen (secondary N) is 1. The molecule has 154 valence electrons. The first-order valence-corrected chi connectivity index (χ1v) is 9.70. The summed E-state index contributed by atoms with van der Waals surface area (Å²) in [5.41, 5.74) is 5.63. The highest BCUT2D eigenvalue weighted by Gasteiger charge is 2.23. The van der Waals surface area contributed by atoms with E-state index < -0.39 is 29.9 Å². The Kier molecular flexibility index (Phi) is 13.1. The lowest BCUT2D eigenvalue weighted by atomic mass is 10.1. The van der Waals surface area contributed by atoms with Gasteiger partial charge in [-0.1, -0.05) is 18.7 Å². The average Bonchev–Trinajstić information content (AvgIpc) is 2.66. The van der Waals surface area contributed by atoms with Crippen LogP contribution in [0.25, 0.3) is 0 Å². The molecule has 0 unspecified atom stereocenters. The van der Waals surface area contributed by atoms with Gasteiger partial charge in [0.15, 0.2) is 10.9 Å². The zero-order valence-electron chi connectivity index (χ0n) is 15.9. The SMILES string of the molecule is CCOC(=O)[C@@H](N)CCC(=O)N[C@@H](CSC(=O)CC)C(=O)CCC(=O)OC. The van der Waals surface area contributed by atoms with Crippen molar-refractivity contribution in [1.29, 1.82) is 0 Å². The Morgan fingerprint density at radius 1 is 1.07 bits per heavy atom. The van der Waals surface area contributed by atoms with Crippen molar-refractivity contribution < 1.29 is 33.4 Å². The molecule has 9 nitrogen and oxygen atoms in total. The number of nitrogens with two attached hydrogens (primary N) is 1. The molecule has 0 aliphatic carbocycles. The summed E-state index contributed by atoms with van der Waals surface area (Å²) in [4.78, 5) is 58.5. The lowest BCUT2D eigenvalue weighted by Gasteiger charge is -2.17. The van der Waals surface area contributed by atoms with Crippen molar-refractivity contribution in [1.82, 2.24) is 5.32 Å². The van der Waals surface area contributed by atoms with Crippen LogP contribution in [0.3, 0.4) is 0 Å². The quantitative estimate of drug-likeness (QED) is 0.415. The molecule has 0 fully saturated rings. The molecule has 0 aliphatic rings. The van der Waals surface area contributed by atoms with Crippen LogP contribution in [0.1, 0.15) is 46.0 Å². The van der Waals surface area contributed by atoms with Gasteiger partial charge in [-0.3, -0.25) is 24.0 Å². The fourth-order valence-electron chi connectivity index (χ4n) is 1.92. The molecule has 0 heterocycles. The van der Waals surface area contributed by atoms with E-state index in [4.69, 9.17) is 10.5 Å². The van der Waals surface area contributed by atoms with Gasteiger partial charge in [-0.25, -0.2) is 0 Å². The number of esters is 2. The molecule has 0 aromatic heterocycles. The van der Waals surface area contributed by atoms with Crippen LogP contribution in [0, 0.1) is 0 Å². The third-order valence-electron chi connectivity index (χ3n) is 3.50. The molecular weight excluding hydrogens is 376 g/mol. The standard InChI is InChI=1S/C17H28N2O7S/c1-4-16(23)27-10-12(13(20)7-9-15(22)25-3)19-14(21)8-6-11(18)17(24)26-5-2/h11-12H,4-10,18H2,1-3H3,(H,19,21)/t11-,12-/m0/s1. The first-order valence-electron chi connectivity index (χ1n) is 8.71. The van der Waals surface area contributed by atoms with Crippen molar-refractivity contribution in [2.75, 3.05) is 19.5 Å². The van der Waals surface area contributed by atoms with E-state index in [1.165, 1.54) is 7.11 Å². The Morgan fingerprint density at radius 2 is 1.74 bits per heavy atom. The van der Waals surface area contributed by atoms with E-state index in [-0.39, 0.29) is 48.9 Å². The third-order valence-corrected chi connectivity index (χ3v) is 4.61. The normalized spacial score (nSPS) is 12.6. The molecule has 0 saturated carbocycles. The molecule has 0 aromatic rings. The summed E-state index contributed by atoms with van der Waals surface area (Å²) >= 11 is 0.941. The highest BCUT2D eigenvalue weighted by atomic mass is 32.2. The van der Waals surface area contributed by atoms with Crippen LogP contribution in [-0.4, -0.2) is 60.3 Å². The van der Waals surface area contributed by atoms with Gasteiger partial charge >= 0.3 is 11.9 Å². The molecule has 0 radical (unpaired) electrons. The maximum atomic E-state index is 12.3. The second-order valence-electron chi connectivity index (χ2n) is 5.60. The molecule has 0 aliphatic heterocycles. The molecule has 1 amide bonds. The van der Waals surface area contributed by atoms with E-state index in [1.807, 2.05) is 0 Å². The van der Waals surface area contributed by atoms with Crippen molar-refractivity contribution in [2.45, 2.75) is 58.0 Å². The summed E-state index contributed by atoms with van der Waals surface area (Å²) in [6, 6.07) is -1.85. The van der Waals surface area contributed by atoms with E-state index in [1.54, 1.807) is 13.8 Å². The molecule has 0 bridgehead atoms. The van der Waals surface area contributed by atoms with E-state index in [2.05, 4.69) is 10.1 Å². The lowest BCUT2D eigenvalue weighted by Crippen LogP contribution is -2.43. The summed E-state index contributed by atoms with van der Waals surface area (Å²) < 4.78 is 9.25. The largest absolute Gasteiger partial charge is 0.469 e. The molecule has 2 atom stereocenters. The number of Topliss-reactive ketones (excluding diaryl/α,β-unsaturated/α-hetero) is 1. The highest BCUT2D eigenvalue weighted by Crippen LogP contribution is 2.11. The number of hydrogen-bond donors (Lipinski definition) is 2. The number of thioether (sulfide) groups is 1. The van der Waals surface area contributed by atoms with Gasteiger partial charge in [0.1, 0.15) is 6.04 Å². The summed E-state index contributed by atoms with van der Waals surface area (Å²) in [6.07, 6.45) is 0.0701. The molecule has 10 heteroatoms. The van der Waals surface area contributed by atoms with Gasteiger partial charge in [0.25, 0.3) is 0 Å². The van der Waals surface area contributed by atoms with E-state index in [0.29, 0.717) is 6.42 Å². The zero-order chi connectivity index (χ0) is 20.8. The van der Waals surface area contributed by atoms with Gasteiger partial charge in [0.2, 0.25) is 5.91 Å². The molecule has 27 heavy (non-hydrogen) atoms. The van der Waals surface area contributed by atoms with Gasteiger partial charge in [0.05, 0.1) is 26.2 Å². The number of amides is 1. The van der Waals surface area contributed by atoms with Gasteiger partial charge in [-0.05, 0) is 13.3 Å². The number of ether oxygens (including phenoxy) is 2. The Morgan fingerprint density at radius 3 is 2.30 bits per heavy atom. The smallest absolute Gasteiger partial charge is 0.322 e. The summed E-state index contributed by atoms with van der Waals surface area (Å²) in [5.74, 6) is -1.91. The topological polar surface area (TPSA) is 142 Å². The molecule has 3 N–H and O–H groups in total. The monoisotopic (exact) mass is 404 g/mol. The Labute approximate surface area is 163 Å². The van der Waals surface area contributed by atoms with Gasteiger partial charge < -0.3 is 20.5 Å². The fraction of sp³-hybridized carbons (Fsp3) is 0.706. The number of carbonyl (C=O) groups is 5. The number of hydrogen-bond acceptors (Lipinski definition) is 9. The Hall–Kier alpha value is -1.94. The van der Waals surface area contributed by atoms with Crippen molar-refractivity contribution in [3.63, 3.8) is 0 Å². The minimum Gasteiger partial charge on any atom is -0.469 e. The average molecular weight is 404 g/mol. The molecule has 0 spiro atoms. The lowest BCUT2D eigenvalue weighted by molar-refractivity contribution is -0.145. The number of ketones is 1. The van der Waals surface area contributed by atoms with Gasteiger partial charge in [0, 0.05) is 25.0 Å². The van der Waals surface area contributed by atoms with Crippen molar-refractivity contribution in [3.8, 4) is 0 Å². The van der Waals surface area contributed by atoms with Crippen LogP contribution in [0.15, 0.2) is 0 Å². The molecule has 0 rings (SSSR count). The van der Waals surface area contributed by atoms with Crippen LogP contribution < -0.4 is 11.1 Å². The van der Waals surface area contributed by atoms with E-state index in [0.717, 1.165) is 11.8 Å². The summed E-state index contributed by atoms with van der Waals surface area (Å²) in [6.45, 7) is 3.54. The maximum absolute atomic E-state index is 12.3. The molecular formula is C17H28N2O7S. The molecule has 0 saturated heterocycles. The van der Waals surface area contributed by atoms with Crippen molar-refractivity contribution >= 4 is 40.5 Å². The first-order chi connectivity index (χ1) is 12.7. The first kappa shape index (κ1) is 25.1. The number of carbonyl (C=O) groups excluding carboxylic acids is 5. The number of methoxy groups -OCH3 is 1. The predicted molar refractivity (Wildman–Crippen MR) is 99.8 cm³/mol. The van der Waals surface area contributed by atoms with Crippen LogP contribution in [0.2, 0.25) is 0 Å². The summed E-state index contributed by atoms with van der Waals surface area (Å²) in [7, 11) is 1.22. The zero-order valence-corrected chi connectivity index (χ0v) is 16.8. The van der Waals surface area contributed by atoms with Crippen LogP contribution in [0.5, 0.6) is 0 Å². The van der Waals surface area contributed by atoms with Gasteiger partial charge in [-0.2, -0.15) is 0 Å². The second-order valence-corrected chi connectivity index (χ2v) is 6.67. The van der Waals surface area contributed by atoms with Crippen LogP contribution in [-0.2, 0) is 33.4 Å². The van der Waals surface area contributed by atoms with E-state index >= 15 is 0 Å². The predicted octanol–water partition coefficient (Wildman–Crippen LogP) is 0.334. The summed E-state index contributed by atoms with van der Waals surface area (Å²) in [5, 5.41) is 2.43. The van der Waals surface area contributed by atoms with Crippen molar-refractivity contribution in [3.05, 3.63) is 0 Å². The number of rotatable bonds is 13. The highest BCUT2D eigenvalue weighted by molar-refractivity contribution is 8.13. The third kappa shape index (κ3) is 11.4. The second kappa shape index (κ2) is 14.2. The van der Waals surface area contributed by atoms with E-state index in [9.17, 15) is 24.0 Å². The maximum Gasteiger partial charge on any atom is 0.322 e. The van der Waals surface area contributed by atoms with Crippen LogP contribution >= 0.6 is 11.8 Å². The van der Waals surface area contributed by atoms with Crippen molar-refractivity contribution in [2.24, 2.45) is 5.73 Å². The fourth-order valence-corrected chi connectivity index (χ4v) is 2.74. The Balaban J connectivity index is 4.68.